The van der Waals surface area contributed by atoms with Gasteiger partial charge < -0.3 is 5.32 Å². The SMILES string of the molecule is C[C@@H]1CNCC[C@@H]1c1ccnn1-c1ccc(F)cc1.Cl. The van der Waals surface area contributed by atoms with Crippen LogP contribution in [-0.2, 0) is 0 Å². The fraction of sp³-hybridized carbons (Fsp3) is 0.400. The number of nitrogens with zero attached hydrogens (tertiary/aromatic N) is 2. The number of aromatic nitrogens is 2. The molecule has 2 atom stereocenters. The van der Waals surface area contributed by atoms with Gasteiger partial charge in [0.1, 0.15) is 5.82 Å². The molecule has 1 aromatic carbocycles. The van der Waals surface area contributed by atoms with Crippen molar-refractivity contribution in [1.82, 2.24) is 15.1 Å². The topological polar surface area (TPSA) is 29.9 Å². The molecule has 2 aromatic rings. The van der Waals surface area contributed by atoms with Gasteiger partial charge in [0.05, 0.1) is 5.69 Å². The van der Waals surface area contributed by atoms with Crippen LogP contribution in [0, 0.1) is 11.7 Å². The summed E-state index contributed by atoms with van der Waals surface area (Å²) in [4.78, 5) is 0. The van der Waals surface area contributed by atoms with Crippen LogP contribution in [-0.4, -0.2) is 22.9 Å². The summed E-state index contributed by atoms with van der Waals surface area (Å²) in [5, 5.41) is 7.81. The van der Waals surface area contributed by atoms with Gasteiger partial charge in [-0.3, -0.25) is 0 Å². The van der Waals surface area contributed by atoms with E-state index in [1.807, 2.05) is 10.9 Å². The first-order chi connectivity index (χ1) is 9.25. The van der Waals surface area contributed by atoms with Gasteiger partial charge >= 0.3 is 0 Å². The van der Waals surface area contributed by atoms with E-state index in [2.05, 4.69) is 23.4 Å². The van der Waals surface area contributed by atoms with E-state index in [-0.39, 0.29) is 18.2 Å². The first kappa shape index (κ1) is 15.0. The second-order valence-corrected chi connectivity index (χ2v) is 5.22. The molecule has 1 fully saturated rings. The van der Waals surface area contributed by atoms with Crippen molar-refractivity contribution in [2.75, 3.05) is 13.1 Å². The highest BCUT2D eigenvalue weighted by atomic mass is 35.5. The quantitative estimate of drug-likeness (QED) is 0.922. The van der Waals surface area contributed by atoms with E-state index in [1.54, 1.807) is 12.1 Å². The van der Waals surface area contributed by atoms with Crippen molar-refractivity contribution in [3.8, 4) is 5.69 Å². The molecule has 0 saturated carbocycles. The zero-order chi connectivity index (χ0) is 13.2. The van der Waals surface area contributed by atoms with Gasteiger partial charge in [-0.2, -0.15) is 5.10 Å². The van der Waals surface area contributed by atoms with Gasteiger partial charge in [0, 0.05) is 17.8 Å². The molecular weight excluding hydrogens is 277 g/mol. The lowest BCUT2D eigenvalue weighted by Crippen LogP contribution is -2.34. The predicted molar refractivity (Wildman–Crippen MR) is 80.2 cm³/mol. The third-order valence-electron chi connectivity index (χ3n) is 3.91. The average molecular weight is 296 g/mol. The van der Waals surface area contributed by atoms with Crippen molar-refractivity contribution in [3.63, 3.8) is 0 Å². The van der Waals surface area contributed by atoms with Gasteiger partial charge in [-0.25, -0.2) is 9.07 Å². The maximum absolute atomic E-state index is 13.0. The second kappa shape index (κ2) is 6.37. The minimum Gasteiger partial charge on any atom is -0.316 e. The van der Waals surface area contributed by atoms with Crippen LogP contribution in [0.5, 0.6) is 0 Å². The summed E-state index contributed by atoms with van der Waals surface area (Å²) in [7, 11) is 0. The molecule has 1 aliphatic rings. The fourth-order valence-corrected chi connectivity index (χ4v) is 2.85. The smallest absolute Gasteiger partial charge is 0.123 e. The van der Waals surface area contributed by atoms with E-state index in [9.17, 15) is 4.39 Å². The number of hydrogen-bond donors (Lipinski definition) is 1. The molecule has 5 heteroatoms. The third-order valence-corrected chi connectivity index (χ3v) is 3.91. The van der Waals surface area contributed by atoms with Gasteiger partial charge in [-0.05, 0) is 55.8 Å². The molecule has 0 unspecified atom stereocenters. The lowest BCUT2D eigenvalue weighted by molar-refractivity contribution is 0.339. The molecule has 20 heavy (non-hydrogen) atoms. The Balaban J connectivity index is 0.00000147. The minimum absolute atomic E-state index is 0. The van der Waals surface area contributed by atoms with Gasteiger partial charge in [-0.1, -0.05) is 6.92 Å². The molecular formula is C15H19ClFN3. The van der Waals surface area contributed by atoms with Crippen LogP contribution in [0.15, 0.2) is 36.5 Å². The number of piperidine rings is 1. The molecule has 1 saturated heterocycles. The van der Waals surface area contributed by atoms with Crippen LogP contribution >= 0.6 is 12.4 Å². The van der Waals surface area contributed by atoms with E-state index in [0.717, 1.165) is 25.2 Å². The lowest BCUT2D eigenvalue weighted by Gasteiger charge is -2.30. The Kier molecular flexibility index (Phi) is 4.78. The predicted octanol–water partition coefficient (Wildman–Crippen LogP) is 3.15. The average Bonchev–Trinajstić information content (AvgIpc) is 2.89. The van der Waals surface area contributed by atoms with Crippen LogP contribution < -0.4 is 5.32 Å². The van der Waals surface area contributed by atoms with E-state index in [4.69, 9.17) is 0 Å². The largest absolute Gasteiger partial charge is 0.316 e. The van der Waals surface area contributed by atoms with Crippen molar-refractivity contribution < 1.29 is 4.39 Å². The number of benzene rings is 1. The molecule has 108 valence electrons. The first-order valence-electron chi connectivity index (χ1n) is 6.76. The fourth-order valence-electron chi connectivity index (χ4n) is 2.85. The number of rotatable bonds is 2. The molecule has 1 aromatic heterocycles. The monoisotopic (exact) mass is 295 g/mol. The summed E-state index contributed by atoms with van der Waals surface area (Å²) in [6, 6.07) is 8.59. The highest BCUT2D eigenvalue weighted by Gasteiger charge is 2.25. The Bertz CT molecular complexity index is 553. The van der Waals surface area contributed by atoms with Gasteiger partial charge in [0.2, 0.25) is 0 Å². The molecule has 0 radical (unpaired) electrons. The van der Waals surface area contributed by atoms with Crippen LogP contribution in [0.2, 0.25) is 0 Å². The van der Waals surface area contributed by atoms with E-state index in [1.165, 1.54) is 17.8 Å². The van der Waals surface area contributed by atoms with Gasteiger partial charge in [-0.15, -0.1) is 12.4 Å². The van der Waals surface area contributed by atoms with Crippen molar-refractivity contribution in [2.24, 2.45) is 5.92 Å². The minimum atomic E-state index is -0.215. The molecule has 1 N–H and O–H groups in total. The highest BCUT2D eigenvalue weighted by molar-refractivity contribution is 5.85. The summed E-state index contributed by atoms with van der Waals surface area (Å²) in [5.74, 6) is 0.881. The molecule has 0 spiro atoms. The molecule has 0 aliphatic carbocycles. The number of hydrogen-bond acceptors (Lipinski definition) is 2. The van der Waals surface area contributed by atoms with Crippen molar-refractivity contribution in [2.45, 2.75) is 19.3 Å². The maximum atomic E-state index is 13.0. The maximum Gasteiger partial charge on any atom is 0.123 e. The highest BCUT2D eigenvalue weighted by Crippen LogP contribution is 2.31. The standard InChI is InChI=1S/C15H18FN3.ClH/c1-11-10-17-8-6-14(11)15-7-9-18-19(15)13-4-2-12(16)3-5-13;/h2-5,7,9,11,14,17H,6,8,10H2,1H3;1H/t11-,14+;/m1./s1. The van der Waals surface area contributed by atoms with Gasteiger partial charge in [0.15, 0.2) is 0 Å². The summed E-state index contributed by atoms with van der Waals surface area (Å²) in [6.45, 7) is 4.35. The molecule has 3 nitrogen and oxygen atoms in total. The number of halogens is 2. The van der Waals surface area contributed by atoms with E-state index in [0.29, 0.717) is 11.8 Å². The Morgan fingerprint density at radius 1 is 1.25 bits per heavy atom. The summed E-state index contributed by atoms with van der Waals surface area (Å²) in [6.07, 6.45) is 2.95. The Morgan fingerprint density at radius 2 is 2.00 bits per heavy atom. The van der Waals surface area contributed by atoms with Crippen LogP contribution in [0.1, 0.15) is 25.0 Å². The molecule has 3 rings (SSSR count). The summed E-state index contributed by atoms with van der Waals surface area (Å²) < 4.78 is 14.9. The zero-order valence-corrected chi connectivity index (χ0v) is 12.2. The Morgan fingerprint density at radius 3 is 2.70 bits per heavy atom. The van der Waals surface area contributed by atoms with Crippen molar-refractivity contribution in [3.05, 3.63) is 48.0 Å². The third kappa shape index (κ3) is 2.86. The Labute approximate surface area is 124 Å². The zero-order valence-electron chi connectivity index (χ0n) is 11.4. The van der Waals surface area contributed by atoms with Crippen LogP contribution in [0.25, 0.3) is 5.69 Å². The molecule has 1 aliphatic heterocycles. The molecule has 2 heterocycles. The van der Waals surface area contributed by atoms with Crippen LogP contribution in [0.4, 0.5) is 4.39 Å². The lowest BCUT2D eigenvalue weighted by atomic mass is 9.85. The van der Waals surface area contributed by atoms with E-state index >= 15 is 0 Å². The van der Waals surface area contributed by atoms with Crippen molar-refractivity contribution in [1.29, 1.82) is 0 Å². The number of nitrogens with one attached hydrogen (secondary N) is 1. The van der Waals surface area contributed by atoms with Crippen LogP contribution in [0.3, 0.4) is 0 Å². The first-order valence-corrected chi connectivity index (χ1v) is 6.76. The van der Waals surface area contributed by atoms with Crippen molar-refractivity contribution >= 4 is 12.4 Å². The van der Waals surface area contributed by atoms with E-state index < -0.39 is 0 Å². The normalized spacial score (nSPS) is 22.3. The second-order valence-electron chi connectivity index (χ2n) is 5.22. The summed E-state index contributed by atoms with van der Waals surface area (Å²) >= 11 is 0. The molecule has 0 bridgehead atoms. The van der Waals surface area contributed by atoms with Gasteiger partial charge in [0.25, 0.3) is 0 Å². The molecule has 0 amide bonds. The Hall–Kier alpha value is -1.39. The summed E-state index contributed by atoms with van der Waals surface area (Å²) in [5.41, 5.74) is 2.15.